The van der Waals surface area contributed by atoms with Crippen LogP contribution in [-0.4, -0.2) is 40.2 Å². The lowest BCUT2D eigenvalue weighted by molar-refractivity contribution is -0.385. The number of fused-ring (bicyclic) bond motifs is 1. The average Bonchev–Trinajstić information content (AvgIpc) is 3.10. The lowest BCUT2D eigenvalue weighted by atomic mass is 9.86. The Kier molecular flexibility index (Phi) is 5.83. The largest absolute Gasteiger partial charge is 0.494 e. The molecule has 182 valence electrons. The first-order chi connectivity index (χ1) is 17.2. The fourth-order valence-electron chi connectivity index (χ4n) is 4.74. The molecular weight excluding hydrogens is 530 g/mol. The van der Waals surface area contributed by atoms with Crippen molar-refractivity contribution in [1.82, 2.24) is 4.90 Å². The molecule has 0 bridgehead atoms. The van der Waals surface area contributed by atoms with Crippen LogP contribution in [0.3, 0.4) is 0 Å². The molecule has 9 nitrogen and oxygen atoms in total. The molecule has 0 unspecified atom stereocenters. The molecule has 1 fully saturated rings. The number of anilines is 1. The standard InChI is InChI=1S/C26H20BrN3O6/c1-3-36-17-10-7-15(8-11-17)22-23(26(33)28(22)16-9-12-19(27)14(2)13-16)29-24(31)18-5-4-6-20(30(34)35)21(18)25(29)32/h4-13,22-23H,3H2,1-2H3/t22-,23-/m1/s1. The lowest BCUT2D eigenvalue weighted by Crippen LogP contribution is -2.67. The van der Waals surface area contributed by atoms with Crippen molar-refractivity contribution in [3.8, 4) is 5.75 Å². The molecule has 0 radical (unpaired) electrons. The number of nitro groups is 1. The number of nitro benzene ring substituents is 1. The molecule has 0 aliphatic carbocycles. The maximum atomic E-state index is 13.6. The molecule has 3 aromatic carbocycles. The molecule has 3 amide bonds. The molecule has 36 heavy (non-hydrogen) atoms. The Morgan fingerprint density at radius 2 is 1.69 bits per heavy atom. The van der Waals surface area contributed by atoms with E-state index in [1.54, 1.807) is 30.3 Å². The maximum absolute atomic E-state index is 13.6. The topological polar surface area (TPSA) is 110 Å². The van der Waals surface area contributed by atoms with E-state index in [9.17, 15) is 24.5 Å². The first-order valence-electron chi connectivity index (χ1n) is 11.2. The maximum Gasteiger partial charge on any atom is 0.282 e. The van der Waals surface area contributed by atoms with Gasteiger partial charge in [-0.25, -0.2) is 0 Å². The predicted octanol–water partition coefficient (Wildman–Crippen LogP) is 4.82. The summed E-state index contributed by atoms with van der Waals surface area (Å²) in [4.78, 5) is 53.5. The summed E-state index contributed by atoms with van der Waals surface area (Å²) in [5, 5.41) is 11.5. The van der Waals surface area contributed by atoms with Gasteiger partial charge in [-0.1, -0.05) is 34.1 Å². The number of benzene rings is 3. The number of β-lactam (4-membered cyclic amide) rings is 1. The van der Waals surface area contributed by atoms with E-state index in [1.807, 2.05) is 26.0 Å². The molecular formula is C26H20BrN3O6. The minimum absolute atomic E-state index is 0.0784. The molecule has 0 spiro atoms. The second-order valence-electron chi connectivity index (χ2n) is 8.47. The smallest absolute Gasteiger partial charge is 0.282 e. The van der Waals surface area contributed by atoms with Gasteiger partial charge < -0.3 is 9.64 Å². The van der Waals surface area contributed by atoms with Crippen LogP contribution >= 0.6 is 15.9 Å². The quantitative estimate of drug-likeness (QED) is 0.189. The molecule has 10 heteroatoms. The highest BCUT2D eigenvalue weighted by Crippen LogP contribution is 2.45. The zero-order valence-electron chi connectivity index (χ0n) is 19.3. The van der Waals surface area contributed by atoms with Gasteiger partial charge >= 0.3 is 0 Å². The number of nitrogens with zero attached hydrogens (tertiary/aromatic N) is 3. The van der Waals surface area contributed by atoms with E-state index in [-0.39, 0.29) is 11.1 Å². The third kappa shape index (κ3) is 3.56. The van der Waals surface area contributed by atoms with Crippen LogP contribution < -0.4 is 9.64 Å². The van der Waals surface area contributed by atoms with Gasteiger partial charge in [0, 0.05) is 16.2 Å². The van der Waals surface area contributed by atoms with Gasteiger partial charge in [0.05, 0.1) is 23.1 Å². The van der Waals surface area contributed by atoms with E-state index in [1.165, 1.54) is 23.1 Å². The Balaban J connectivity index is 1.59. The molecule has 5 rings (SSSR count). The third-order valence-corrected chi connectivity index (χ3v) is 7.31. The number of hydrogen-bond acceptors (Lipinski definition) is 6. The highest BCUT2D eigenvalue weighted by Gasteiger charge is 2.58. The summed E-state index contributed by atoms with van der Waals surface area (Å²) in [6.07, 6.45) is 0. The zero-order chi connectivity index (χ0) is 25.7. The number of carbonyl (C=O) groups is 3. The zero-order valence-corrected chi connectivity index (χ0v) is 20.9. The van der Waals surface area contributed by atoms with Crippen LogP contribution in [0.5, 0.6) is 5.75 Å². The average molecular weight is 550 g/mol. The number of ether oxygens (including phenoxy) is 1. The summed E-state index contributed by atoms with van der Waals surface area (Å²) in [5.41, 5.74) is 1.38. The Morgan fingerprint density at radius 3 is 2.33 bits per heavy atom. The molecule has 0 N–H and O–H groups in total. The molecule has 2 aliphatic rings. The molecule has 2 aliphatic heterocycles. The summed E-state index contributed by atoms with van der Waals surface area (Å²) in [6, 6.07) is 14.6. The van der Waals surface area contributed by atoms with E-state index >= 15 is 0 Å². The van der Waals surface area contributed by atoms with Crippen molar-refractivity contribution in [1.29, 1.82) is 0 Å². The summed E-state index contributed by atoms with van der Waals surface area (Å²) >= 11 is 3.46. The normalized spacial score (nSPS) is 18.8. The summed E-state index contributed by atoms with van der Waals surface area (Å²) < 4.78 is 6.40. The van der Waals surface area contributed by atoms with Gasteiger partial charge in [-0.3, -0.25) is 29.4 Å². The van der Waals surface area contributed by atoms with Gasteiger partial charge in [-0.05, 0) is 61.4 Å². The van der Waals surface area contributed by atoms with Gasteiger partial charge in [0.1, 0.15) is 17.4 Å². The van der Waals surface area contributed by atoms with E-state index in [0.717, 1.165) is 14.9 Å². The molecule has 0 aromatic heterocycles. The fraction of sp³-hybridized carbons (Fsp3) is 0.192. The summed E-state index contributed by atoms with van der Waals surface area (Å²) in [5.74, 6) is -1.37. The van der Waals surface area contributed by atoms with Crippen molar-refractivity contribution in [2.45, 2.75) is 25.9 Å². The number of rotatable bonds is 6. The van der Waals surface area contributed by atoms with Crippen molar-refractivity contribution in [2.75, 3.05) is 11.5 Å². The van der Waals surface area contributed by atoms with E-state index in [2.05, 4.69) is 15.9 Å². The Morgan fingerprint density at radius 1 is 0.972 bits per heavy atom. The summed E-state index contributed by atoms with van der Waals surface area (Å²) in [6.45, 7) is 4.25. The number of imide groups is 1. The van der Waals surface area contributed by atoms with Crippen LogP contribution in [0.4, 0.5) is 11.4 Å². The Bertz CT molecular complexity index is 1440. The highest BCUT2D eigenvalue weighted by atomic mass is 79.9. The highest BCUT2D eigenvalue weighted by molar-refractivity contribution is 9.10. The van der Waals surface area contributed by atoms with Crippen LogP contribution in [0, 0.1) is 17.0 Å². The number of amides is 3. The summed E-state index contributed by atoms with van der Waals surface area (Å²) in [7, 11) is 0. The number of carbonyl (C=O) groups excluding carboxylic acids is 3. The predicted molar refractivity (Wildman–Crippen MR) is 134 cm³/mol. The first-order valence-corrected chi connectivity index (χ1v) is 12.0. The van der Waals surface area contributed by atoms with Gasteiger partial charge in [0.25, 0.3) is 23.4 Å². The Labute approximate surface area is 214 Å². The third-order valence-electron chi connectivity index (χ3n) is 6.42. The molecule has 1 saturated heterocycles. The minimum Gasteiger partial charge on any atom is -0.494 e. The van der Waals surface area contributed by atoms with Gasteiger partial charge in [0.15, 0.2) is 0 Å². The van der Waals surface area contributed by atoms with Crippen molar-refractivity contribution in [3.63, 3.8) is 0 Å². The number of hydrogen-bond donors (Lipinski definition) is 0. The minimum atomic E-state index is -1.15. The SMILES string of the molecule is CCOc1ccc([C@@H]2[C@@H](N3C(=O)c4cccc([N+](=O)[O-])c4C3=O)C(=O)N2c2ccc(Br)c(C)c2)cc1. The van der Waals surface area contributed by atoms with E-state index < -0.39 is 40.4 Å². The van der Waals surface area contributed by atoms with E-state index in [4.69, 9.17) is 4.74 Å². The van der Waals surface area contributed by atoms with Gasteiger partial charge in [-0.2, -0.15) is 0 Å². The van der Waals surface area contributed by atoms with Crippen LogP contribution in [-0.2, 0) is 4.79 Å². The molecule has 0 saturated carbocycles. The second kappa shape index (κ2) is 8.87. The number of halogens is 1. The van der Waals surface area contributed by atoms with Crippen molar-refractivity contribution in [2.24, 2.45) is 0 Å². The fourth-order valence-corrected chi connectivity index (χ4v) is 4.99. The lowest BCUT2D eigenvalue weighted by Gasteiger charge is -2.49. The molecule has 2 atom stereocenters. The number of aryl methyl sites for hydroxylation is 1. The van der Waals surface area contributed by atoms with Gasteiger partial charge in [0.2, 0.25) is 0 Å². The van der Waals surface area contributed by atoms with Crippen LogP contribution in [0.25, 0.3) is 0 Å². The first kappa shape index (κ1) is 23.7. The molecule has 3 aromatic rings. The van der Waals surface area contributed by atoms with Crippen molar-refractivity contribution < 1.29 is 24.0 Å². The van der Waals surface area contributed by atoms with Crippen LogP contribution in [0.15, 0.2) is 65.1 Å². The molecule has 2 heterocycles. The monoisotopic (exact) mass is 549 g/mol. The van der Waals surface area contributed by atoms with E-state index in [0.29, 0.717) is 23.6 Å². The van der Waals surface area contributed by atoms with Crippen molar-refractivity contribution >= 4 is 45.0 Å². The Hall–Kier alpha value is -4.05. The second-order valence-corrected chi connectivity index (χ2v) is 9.32. The van der Waals surface area contributed by atoms with Crippen molar-refractivity contribution in [3.05, 3.63) is 97.5 Å². The van der Waals surface area contributed by atoms with Gasteiger partial charge in [-0.15, -0.1) is 0 Å². The van der Waals surface area contributed by atoms with Crippen LogP contribution in [0.1, 0.15) is 44.8 Å². The van der Waals surface area contributed by atoms with Crippen LogP contribution in [0.2, 0.25) is 0 Å².